The van der Waals surface area contributed by atoms with Gasteiger partial charge in [0.15, 0.2) is 0 Å². The van der Waals surface area contributed by atoms with Crippen LogP contribution in [-0.4, -0.2) is 17.0 Å². The number of aryl methyl sites for hydroxylation is 1. The average molecular weight is 360 g/mol. The fraction of sp³-hybridized carbons (Fsp3) is 0.500. The fourth-order valence-corrected chi connectivity index (χ4v) is 2.82. The highest BCUT2D eigenvalue weighted by Gasteiger charge is 2.03. The number of aromatic nitrogens is 1. The van der Waals surface area contributed by atoms with Crippen LogP contribution in [-0.2, 0) is 6.42 Å². The summed E-state index contributed by atoms with van der Waals surface area (Å²) in [6.07, 6.45) is 10.2. The van der Waals surface area contributed by atoms with E-state index in [-0.39, 0.29) is 5.38 Å². The molecule has 0 saturated heterocycles. The monoisotopic (exact) mass is 359 g/mol. The standard InChI is InChI=1S/C22H30ClNO/c1-3-5-6-7-8-18-9-14-22(24-17-18)19-10-12-21(13-11-19)25-16-15-20(23)4-2/h9-14,17,20H,3-8,15-16H2,1-2H3. The average Bonchev–Trinajstić information content (AvgIpc) is 2.66. The highest BCUT2D eigenvalue weighted by atomic mass is 35.5. The molecule has 1 aromatic heterocycles. The highest BCUT2D eigenvalue weighted by molar-refractivity contribution is 6.20. The molecule has 0 saturated carbocycles. The van der Waals surface area contributed by atoms with E-state index in [0.29, 0.717) is 6.61 Å². The molecule has 0 N–H and O–H groups in total. The molecule has 3 heteroatoms. The molecular weight excluding hydrogens is 330 g/mol. The predicted octanol–water partition coefficient (Wildman–Crippen LogP) is 6.66. The first-order chi connectivity index (χ1) is 12.2. The smallest absolute Gasteiger partial charge is 0.119 e. The van der Waals surface area contributed by atoms with E-state index in [4.69, 9.17) is 16.3 Å². The number of rotatable bonds is 11. The zero-order valence-electron chi connectivity index (χ0n) is 15.5. The number of alkyl halides is 1. The van der Waals surface area contributed by atoms with Gasteiger partial charge in [-0.2, -0.15) is 0 Å². The van der Waals surface area contributed by atoms with E-state index < -0.39 is 0 Å². The van der Waals surface area contributed by atoms with Crippen LogP contribution in [0.2, 0.25) is 0 Å². The van der Waals surface area contributed by atoms with Gasteiger partial charge in [-0.25, -0.2) is 0 Å². The summed E-state index contributed by atoms with van der Waals surface area (Å²) in [5, 5.41) is 0.198. The van der Waals surface area contributed by atoms with Gasteiger partial charge in [0, 0.05) is 17.1 Å². The molecule has 0 aliphatic rings. The number of benzene rings is 1. The van der Waals surface area contributed by atoms with Crippen LogP contribution in [0.1, 0.15) is 57.9 Å². The molecule has 0 fully saturated rings. The third kappa shape index (κ3) is 7.07. The minimum absolute atomic E-state index is 0.198. The third-order valence-corrected chi connectivity index (χ3v) is 4.96. The van der Waals surface area contributed by atoms with Gasteiger partial charge in [-0.3, -0.25) is 4.98 Å². The Hall–Kier alpha value is -1.54. The zero-order chi connectivity index (χ0) is 17.9. The second-order valence-corrected chi connectivity index (χ2v) is 7.15. The van der Waals surface area contributed by atoms with Crippen LogP contribution in [0.4, 0.5) is 0 Å². The molecule has 1 heterocycles. The number of hydrogen-bond acceptors (Lipinski definition) is 2. The summed E-state index contributed by atoms with van der Waals surface area (Å²) in [6.45, 7) is 4.99. The molecule has 136 valence electrons. The van der Waals surface area contributed by atoms with Gasteiger partial charge in [-0.05, 0) is 61.6 Å². The maximum absolute atomic E-state index is 6.11. The van der Waals surface area contributed by atoms with E-state index >= 15 is 0 Å². The summed E-state index contributed by atoms with van der Waals surface area (Å²) < 4.78 is 5.75. The van der Waals surface area contributed by atoms with E-state index in [1.165, 1.54) is 31.2 Å². The third-order valence-electron chi connectivity index (χ3n) is 4.44. The summed E-state index contributed by atoms with van der Waals surface area (Å²) in [4.78, 5) is 4.62. The zero-order valence-corrected chi connectivity index (χ0v) is 16.3. The van der Waals surface area contributed by atoms with Crippen LogP contribution in [0, 0.1) is 0 Å². The van der Waals surface area contributed by atoms with E-state index in [9.17, 15) is 0 Å². The van der Waals surface area contributed by atoms with Crippen LogP contribution in [0.5, 0.6) is 5.75 Å². The number of halogens is 1. The van der Waals surface area contributed by atoms with Crippen molar-refractivity contribution in [1.82, 2.24) is 4.98 Å². The number of unbranched alkanes of at least 4 members (excludes halogenated alkanes) is 3. The summed E-state index contributed by atoms with van der Waals surface area (Å²) in [7, 11) is 0. The first-order valence-corrected chi connectivity index (χ1v) is 9.98. The van der Waals surface area contributed by atoms with Crippen LogP contribution in [0.15, 0.2) is 42.6 Å². The van der Waals surface area contributed by atoms with E-state index in [2.05, 4.69) is 43.1 Å². The van der Waals surface area contributed by atoms with Crippen molar-refractivity contribution in [2.45, 2.75) is 64.2 Å². The van der Waals surface area contributed by atoms with Gasteiger partial charge in [0.2, 0.25) is 0 Å². The normalized spacial score (nSPS) is 12.1. The lowest BCUT2D eigenvalue weighted by atomic mass is 10.1. The van der Waals surface area contributed by atoms with Gasteiger partial charge in [0.25, 0.3) is 0 Å². The van der Waals surface area contributed by atoms with E-state index in [1.54, 1.807) is 0 Å². The van der Waals surface area contributed by atoms with E-state index in [0.717, 1.165) is 36.3 Å². The Balaban J connectivity index is 1.84. The maximum atomic E-state index is 6.11. The molecule has 0 aliphatic carbocycles. The molecule has 0 aliphatic heterocycles. The van der Waals surface area contributed by atoms with Gasteiger partial charge in [0.05, 0.1) is 12.3 Å². The second-order valence-electron chi connectivity index (χ2n) is 6.53. The number of pyridine rings is 1. The lowest BCUT2D eigenvalue weighted by Gasteiger charge is -2.09. The van der Waals surface area contributed by atoms with Crippen LogP contribution >= 0.6 is 11.6 Å². The second kappa shape index (κ2) is 11.1. The first kappa shape index (κ1) is 19.8. The number of hydrogen-bond donors (Lipinski definition) is 0. The van der Waals surface area contributed by atoms with E-state index in [1.807, 2.05) is 18.3 Å². The Morgan fingerprint density at radius 3 is 2.44 bits per heavy atom. The molecule has 2 nitrogen and oxygen atoms in total. The van der Waals surface area contributed by atoms with Crippen LogP contribution in [0.25, 0.3) is 11.3 Å². The summed E-state index contributed by atoms with van der Waals surface area (Å²) in [5.74, 6) is 0.885. The molecule has 0 radical (unpaired) electrons. The maximum Gasteiger partial charge on any atom is 0.119 e. The van der Waals surface area contributed by atoms with Crippen molar-refractivity contribution in [3.63, 3.8) is 0 Å². The van der Waals surface area contributed by atoms with Crippen molar-refractivity contribution < 1.29 is 4.74 Å². The first-order valence-electron chi connectivity index (χ1n) is 9.55. The molecule has 0 spiro atoms. The van der Waals surface area contributed by atoms with Gasteiger partial charge in [-0.15, -0.1) is 11.6 Å². The highest BCUT2D eigenvalue weighted by Crippen LogP contribution is 2.22. The summed E-state index contributed by atoms with van der Waals surface area (Å²) in [6, 6.07) is 12.5. The Bertz CT molecular complexity index is 594. The lowest BCUT2D eigenvalue weighted by molar-refractivity contribution is 0.307. The Labute approximate surface area is 157 Å². The number of nitrogens with zero attached hydrogens (tertiary/aromatic N) is 1. The molecule has 1 aromatic carbocycles. The Morgan fingerprint density at radius 1 is 1.00 bits per heavy atom. The molecule has 1 unspecified atom stereocenters. The molecule has 2 aromatic rings. The Morgan fingerprint density at radius 2 is 1.80 bits per heavy atom. The molecule has 2 rings (SSSR count). The summed E-state index contributed by atoms with van der Waals surface area (Å²) in [5.41, 5.74) is 3.45. The quantitative estimate of drug-likeness (QED) is 0.330. The van der Waals surface area contributed by atoms with Gasteiger partial charge < -0.3 is 4.74 Å². The van der Waals surface area contributed by atoms with Gasteiger partial charge in [0.1, 0.15) is 5.75 Å². The topological polar surface area (TPSA) is 22.1 Å². The lowest BCUT2D eigenvalue weighted by Crippen LogP contribution is -2.05. The van der Waals surface area contributed by atoms with Crippen molar-refractivity contribution in [1.29, 1.82) is 0 Å². The van der Waals surface area contributed by atoms with Gasteiger partial charge >= 0.3 is 0 Å². The van der Waals surface area contributed by atoms with Crippen molar-refractivity contribution in [3.8, 4) is 17.0 Å². The van der Waals surface area contributed by atoms with Gasteiger partial charge in [-0.1, -0.05) is 39.2 Å². The van der Waals surface area contributed by atoms with Crippen molar-refractivity contribution >= 4 is 11.6 Å². The van der Waals surface area contributed by atoms with Crippen molar-refractivity contribution in [2.75, 3.05) is 6.61 Å². The molecule has 0 bridgehead atoms. The Kier molecular flexibility index (Phi) is 8.82. The largest absolute Gasteiger partial charge is 0.494 e. The minimum Gasteiger partial charge on any atom is -0.494 e. The molecule has 0 amide bonds. The molecular formula is C22H30ClNO. The number of ether oxygens (including phenoxy) is 1. The van der Waals surface area contributed by atoms with Crippen molar-refractivity contribution in [2.24, 2.45) is 0 Å². The predicted molar refractivity (Wildman–Crippen MR) is 108 cm³/mol. The molecule has 1 atom stereocenters. The SMILES string of the molecule is CCCCCCc1ccc(-c2ccc(OCCC(Cl)CC)cc2)nc1. The summed E-state index contributed by atoms with van der Waals surface area (Å²) >= 11 is 6.11. The fourth-order valence-electron chi connectivity index (χ4n) is 2.73. The minimum atomic E-state index is 0.198. The molecule has 25 heavy (non-hydrogen) atoms. The van der Waals surface area contributed by atoms with Crippen molar-refractivity contribution in [3.05, 3.63) is 48.2 Å². The van der Waals surface area contributed by atoms with Crippen LogP contribution in [0.3, 0.4) is 0 Å². The van der Waals surface area contributed by atoms with Crippen LogP contribution < -0.4 is 4.74 Å².